The number of benzene rings is 2. The van der Waals surface area contributed by atoms with Gasteiger partial charge in [0.15, 0.2) is 0 Å². The molecule has 0 spiro atoms. The fourth-order valence-electron chi connectivity index (χ4n) is 5.65. The molecule has 1 amide bonds. The highest BCUT2D eigenvalue weighted by atomic mass is 19.4. The first kappa shape index (κ1) is 30.0. The second-order valence-corrected chi connectivity index (χ2v) is 11.2. The van der Waals surface area contributed by atoms with Crippen molar-refractivity contribution in [1.29, 1.82) is 0 Å². The van der Waals surface area contributed by atoms with Crippen LogP contribution >= 0.6 is 0 Å². The molecule has 3 aliphatic rings. The van der Waals surface area contributed by atoms with Gasteiger partial charge in [0.05, 0.1) is 18.7 Å². The van der Waals surface area contributed by atoms with Gasteiger partial charge in [-0.1, -0.05) is 0 Å². The lowest BCUT2D eigenvalue weighted by molar-refractivity contribution is -0.274. The van der Waals surface area contributed by atoms with E-state index in [1.165, 1.54) is 12.1 Å². The number of hydrogen-bond acceptors (Lipinski definition) is 5. The highest BCUT2D eigenvalue weighted by Crippen LogP contribution is 2.45. The minimum atomic E-state index is -4.92. The molecule has 1 N–H and O–H groups in total. The summed E-state index contributed by atoms with van der Waals surface area (Å²) in [6.07, 6.45) is -3.71. The fraction of sp³-hybridized carbons (Fsp3) is 0.517. The minimum absolute atomic E-state index is 0.0780. The summed E-state index contributed by atoms with van der Waals surface area (Å²) in [5, 5.41) is 9.37. The molecule has 2 atom stereocenters. The number of ether oxygens (including phenoxy) is 2. The maximum Gasteiger partial charge on any atom is 0.573 e. The maximum absolute atomic E-state index is 15.1. The lowest BCUT2D eigenvalue weighted by Gasteiger charge is -2.32. The quantitative estimate of drug-likeness (QED) is 0.374. The first-order valence-corrected chi connectivity index (χ1v) is 13.8. The maximum atomic E-state index is 15.1. The van der Waals surface area contributed by atoms with E-state index in [1.54, 1.807) is 0 Å². The van der Waals surface area contributed by atoms with Crippen molar-refractivity contribution in [3.63, 3.8) is 0 Å². The number of carboxylic acid groups (broad SMARTS) is 1. The minimum Gasteiger partial charge on any atom is -0.493 e. The second-order valence-electron chi connectivity index (χ2n) is 11.2. The van der Waals surface area contributed by atoms with Crippen molar-refractivity contribution in [2.45, 2.75) is 63.1 Å². The van der Waals surface area contributed by atoms with E-state index in [2.05, 4.69) is 4.74 Å². The predicted molar refractivity (Wildman–Crippen MR) is 137 cm³/mol. The average molecular weight is 601 g/mol. The summed E-state index contributed by atoms with van der Waals surface area (Å²) in [5.41, 5.74) is 0.705. The van der Waals surface area contributed by atoms with Crippen LogP contribution < -0.4 is 9.47 Å². The first-order chi connectivity index (χ1) is 19.9. The Morgan fingerprint density at radius 1 is 1.00 bits per heavy atom. The summed E-state index contributed by atoms with van der Waals surface area (Å²) >= 11 is 0. The molecule has 1 aliphatic carbocycles. The van der Waals surface area contributed by atoms with E-state index in [0.29, 0.717) is 48.9 Å². The van der Waals surface area contributed by atoms with Gasteiger partial charge in [-0.3, -0.25) is 9.69 Å². The van der Waals surface area contributed by atoms with Crippen LogP contribution in [-0.2, 0) is 11.3 Å². The molecule has 0 radical (unpaired) electrons. The molecule has 0 bridgehead atoms. The average Bonchev–Trinajstić information content (AvgIpc) is 3.66. The summed E-state index contributed by atoms with van der Waals surface area (Å²) < 4.78 is 90.4. The van der Waals surface area contributed by atoms with Gasteiger partial charge < -0.3 is 19.5 Å². The van der Waals surface area contributed by atoms with E-state index >= 15 is 4.39 Å². The molecular weight excluding hydrogens is 570 g/mol. The Morgan fingerprint density at radius 2 is 1.71 bits per heavy atom. The van der Waals surface area contributed by atoms with E-state index in [9.17, 15) is 36.6 Å². The monoisotopic (exact) mass is 600 g/mol. The lowest BCUT2D eigenvalue weighted by atomic mass is 9.97. The number of piperidine rings is 1. The van der Waals surface area contributed by atoms with Gasteiger partial charge in [-0.05, 0) is 79.9 Å². The van der Waals surface area contributed by atoms with Crippen molar-refractivity contribution >= 4 is 11.9 Å². The van der Waals surface area contributed by atoms with Gasteiger partial charge in [0.25, 0.3) is 5.91 Å². The summed E-state index contributed by atoms with van der Waals surface area (Å²) in [7, 11) is 0. The van der Waals surface area contributed by atoms with Crippen LogP contribution in [0, 0.1) is 17.6 Å². The molecule has 0 unspecified atom stereocenters. The van der Waals surface area contributed by atoms with Crippen molar-refractivity contribution in [3.05, 3.63) is 58.7 Å². The standard InChI is InChI=1S/C29H30F6N2O5/c30-19-7-17(8-21(9-19)42-29(33,34)35)13-36-5-3-16(4-6-36)15-41-26-12-24(32)23(11-22(26)18-1-2-18)27(38)37-14-20(31)10-25(37)28(39)40/h7-9,11-12,16,18,20,25H,1-6,10,13-15H2,(H,39,40)/t20-,25+/m1/s1. The van der Waals surface area contributed by atoms with Crippen LogP contribution in [0.3, 0.4) is 0 Å². The number of likely N-dealkylation sites (tertiary alicyclic amines) is 2. The first-order valence-electron chi connectivity index (χ1n) is 13.8. The number of halogens is 6. The largest absolute Gasteiger partial charge is 0.573 e. The third kappa shape index (κ3) is 7.29. The number of nitrogens with zero attached hydrogens (tertiary/aromatic N) is 2. The van der Waals surface area contributed by atoms with E-state index < -0.39 is 54.4 Å². The predicted octanol–water partition coefficient (Wildman–Crippen LogP) is 5.67. The SMILES string of the molecule is O=C(O)[C@@H]1C[C@@H](F)CN1C(=O)c1cc(C2CC2)c(OCC2CCN(Cc3cc(F)cc(OC(F)(F)F)c3)CC2)cc1F. The van der Waals surface area contributed by atoms with Crippen molar-refractivity contribution in [1.82, 2.24) is 9.80 Å². The van der Waals surface area contributed by atoms with Crippen LogP contribution in [-0.4, -0.2) is 71.6 Å². The van der Waals surface area contributed by atoms with Crippen LogP contribution in [0.5, 0.6) is 11.5 Å². The van der Waals surface area contributed by atoms with Crippen LogP contribution in [0.25, 0.3) is 0 Å². The number of aliphatic carboxylic acids is 1. The summed E-state index contributed by atoms with van der Waals surface area (Å²) in [4.78, 5) is 27.4. The zero-order valence-corrected chi connectivity index (χ0v) is 22.5. The van der Waals surface area contributed by atoms with E-state index in [0.717, 1.165) is 29.9 Å². The van der Waals surface area contributed by atoms with E-state index in [1.807, 2.05) is 4.90 Å². The summed E-state index contributed by atoms with van der Waals surface area (Å²) in [6, 6.07) is 4.19. The Kier molecular flexibility index (Phi) is 8.58. The molecule has 1 saturated carbocycles. The Labute approximate surface area is 238 Å². The van der Waals surface area contributed by atoms with Crippen molar-refractivity contribution in [3.8, 4) is 11.5 Å². The molecule has 228 valence electrons. The highest BCUT2D eigenvalue weighted by molar-refractivity contribution is 5.97. The normalized spacial score (nSPS) is 21.9. The Bertz CT molecular complexity index is 1330. The van der Waals surface area contributed by atoms with Crippen LogP contribution in [0.2, 0.25) is 0 Å². The Hall–Kier alpha value is -3.48. The number of hydrogen-bond donors (Lipinski definition) is 1. The van der Waals surface area contributed by atoms with Crippen molar-refractivity contribution in [2.24, 2.45) is 5.92 Å². The second kappa shape index (κ2) is 12.0. The van der Waals surface area contributed by atoms with Crippen LogP contribution in [0.1, 0.15) is 59.5 Å². The van der Waals surface area contributed by atoms with Crippen molar-refractivity contribution in [2.75, 3.05) is 26.2 Å². The number of carbonyl (C=O) groups excluding carboxylic acids is 1. The molecule has 5 rings (SSSR count). The number of carboxylic acids is 1. The topological polar surface area (TPSA) is 79.3 Å². The third-order valence-electron chi connectivity index (χ3n) is 7.90. The van der Waals surface area contributed by atoms with Gasteiger partial charge in [-0.25, -0.2) is 18.0 Å². The molecule has 3 fully saturated rings. The lowest BCUT2D eigenvalue weighted by Crippen LogP contribution is -2.41. The molecule has 7 nitrogen and oxygen atoms in total. The van der Waals surface area contributed by atoms with Gasteiger partial charge >= 0.3 is 12.3 Å². The number of rotatable bonds is 9. The van der Waals surface area contributed by atoms with Gasteiger partial charge in [0, 0.05) is 25.1 Å². The zero-order valence-electron chi connectivity index (χ0n) is 22.5. The molecule has 2 aromatic rings. The molecular formula is C29H30F6N2O5. The van der Waals surface area contributed by atoms with Gasteiger partial charge in [-0.2, -0.15) is 0 Å². The van der Waals surface area contributed by atoms with Crippen molar-refractivity contribution < 1.29 is 50.5 Å². The van der Waals surface area contributed by atoms with Gasteiger partial charge in [-0.15, -0.1) is 13.2 Å². The number of alkyl halides is 4. The molecule has 2 aliphatic heterocycles. The Balaban J connectivity index is 1.19. The number of amides is 1. The highest BCUT2D eigenvalue weighted by Gasteiger charge is 2.41. The molecule has 42 heavy (non-hydrogen) atoms. The molecule has 2 heterocycles. The van der Waals surface area contributed by atoms with E-state index in [-0.39, 0.29) is 37.0 Å². The van der Waals surface area contributed by atoms with Crippen LogP contribution in [0.15, 0.2) is 30.3 Å². The fourth-order valence-corrected chi connectivity index (χ4v) is 5.65. The Morgan fingerprint density at radius 3 is 2.36 bits per heavy atom. The van der Waals surface area contributed by atoms with Gasteiger partial charge in [0.1, 0.15) is 35.3 Å². The van der Waals surface area contributed by atoms with Crippen LogP contribution in [0.4, 0.5) is 26.3 Å². The summed E-state index contributed by atoms with van der Waals surface area (Å²) in [5.74, 6) is -4.01. The number of carbonyl (C=O) groups is 2. The van der Waals surface area contributed by atoms with E-state index in [4.69, 9.17) is 4.74 Å². The third-order valence-corrected chi connectivity index (χ3v) is 7.90. The molecule has 2 saturated heterocycles. The smallest absolute Gasteiger partial charge is 0.493 e. The summed E-state index contributed by atoms with van der Waals surface area (Å²) in [6.45, 7) is 1.29. The zero-order chi connectivity index (χ0) is 30.2. The molecule has 2 aromatic carbocycles. The van der Waals surface area contributed by atoms with Gasteiger partial charge in [0.2, 0.25) is 0 Å². The molecule has 13 heteroatoms. The molecule has 0 aromatic heterocycles.